The maximum atomic E-state index is 13.2. The van der Waals surface area contributed by atoms with E-state index in [0.717, 1.165) is 22.3 Å². The molecule has 1 heterocycles. The molecule has 2 aromatic rings. The lowest BCUT2D eigenvalue weighted by molar-refractivity contribution is 0.305. The molecule has 0 saturated carbocycles. The molecular weight excluding hydrogens is 215 g/mol. The smallest absolute Gasteiger partial charge is 0.130 e. The average molecular weight is 226 g/mol. The van der Waals surface area contributed by atoms with Crippen molar-refractivity contribution in [2.45, 2.75) is 6.61 Å². The van der Waals surface area contributed by atoms with Crippen LogP contribution < -0.4 is 4.74 Å². The van der Waals surface area contributed by atoms with E-state index in [1.54, 1.807) is 6.07 Å². The maximum absolute atomic E-state index is 13.2. The molecule has 0 N–H and O–H groups in total. The lowest BCUT2D eigenvalue weighted by atomic mass is 9.96. The first-order valence-electron chi connectivity index (χ1n) is 5.45. The van der Waals surface area contributed by atoms with Crippen LogP contribution >= 0.6 is 0 Å². The number of hydrogen-bond acceptors (Lipinski definition) is 1. The third-order valence-corrected chi connectivity index (χ3v) is 2.99. The summed E-state index contributed by atoms with van der Waals surface area (Å²) in [5.41, 5.74) is 3.89. The highest BCUT2D eigenvalue weighted by Gasteiger charge is 2.17. The molecule has 17 heavy (non-hydrogen) atoms. The Bertz CT molecular complexity index is 602. The van der Waals surface area contributed by atoms with Gasteiger partial charge in [0.15, 0.2) is 0 Å². The Morgan fingerprint density at radius 2 is 1.88 bits per heavy atom. The lowest BCUT2D eigenvalue weighted by Gasteiger charge is -2.07. The fraction of sp³-hybridized carbons (Fsp3) is 0.0667. The number of hydrogen-bond donors (Lipinski definition) is 0. The van der Waals surface area contributed by atoms with Gasteiger partial charge in [0, 0.05) is 11.6 Å². The summed E-state index contributed by atoms with van der Waals surface area (Å²) in [7, 11) is 0. The Hall–Kier alpha value is -2.09. The molecule has 0 saturated heterocycles. The van der Waals surface area contributed by atoms with Crippen molar-refractivity contribution in [3.8, 4) is 5.75 Å². The SMILES string of the molecule is C=C1c2ccccc2COc2cc(F)ccc21. The maximum Gasteiger partial charge on any atom is 0.130 e. The molecule has 0 aliphatic carbocycles. The molecule has 1 aliphatic rings. The first kappa shape index (κ1) is 10.1. The highest BCUT2D eigenvalue weighted by molar-refractivity contribution is 5.83. The number of halogens is 1. The van der Waals surface area contributed by atoms with Crippen LogP contribution in [0.5, 0.6) is 5.75 Å². The van der Waals surface area contributed by atoms with Crippen molar-refractivity contribution in [2.75, 3.05) is 0 Å². The largest absolute Gasteiger partial charge is 0.488 e. The van der Waals surface area contributed by atoms with Crippen molar-refractivity contribution < 1.29 is 9.13 Å². The molecule has 3 rings (SSSR count). The highest BCUT2D eigenvalue weighted by Crippen LogP contribution is 2.35. The second kappa shape index (κ2) is 3.74. The summed E-state index contributed by atoms with van der Waals surface area (Å²) in [6.07, 6.45) is 0. The van der Waals surface area contributed by atoms with Gasteiger partial charge in [-0.3, -0.25) is 0 Å². The van der Waals surface area contributed by atoms with Crippen LogP contribution in [0, 0.1) is 5.82 Å². The topological polar surface area (TPSA) is 9.23 Å². The second-order valence-electron chi connectivity index (χ2n) is 4.06. The van der Waals surface area contributed by atoms with Gasteiger partial charge in [-0.1, -0.05) is 30.8 Å². The number of rotatable bonds is 0. The molecule has 0 aromatic heterocycles. The zero-order valence-corrected chi connectivity index (χ0v) is 9.24. The fourth-order valence-corrected chi connectivity index (χ4v) is 2.11. The predicted octanol–water partition coefficient (Wildman–Crippen LogP) is 3.78. The monoisotopic (exact) mass is 226 g/mol. The molecule has 0 radical (unpaired) electrons. The molecule has 0 fully saturated rings. The molecule has 1 nitrogen and oxygen atoms in total. The van der Waals surface area contributed by atoms with Gasteiger partial charge in [0.1, 0.15) is 18.2 Å². The van der Waals surface area contributed by atoms with Gasteiger partial charge >= 0.3 is 0 Å². The zero-order valence-electron chi connectivity index (χ0n) is 9.24. The number of ether oxygens (including phenoxy) is 1. The zero-order chi connectivity index (χ0) is 11.8. The van der Waals surface area contributed by atoms with Crippen LogP contribution in [0.15, 0.2) is 49.0 Å². The van der Waals surface area contributed by atoms with Crippen LogP contribution in [0.2, 0.25) is 0 Å². The minimum Gasteiger partial charge on any atom is -0.488 e. The van der Waals surface area contributed by atoms with Gasteiger partial charge in [0.25, 0.3) is 0 Å². The van der Waals surface area contributed by atoms with Crippen molar-refractivity contribution in [1.82, 2.24) is 0 Å². The highest BCUT2D eigenvalue weighted by atomic mass is 19.1. The number of benzene rings is 2. The Morgan fingerprint density at radius 1 is 1.06 bits per heavy atom. The standard InChI is InChI=1S/C15H11FO/c1-10-13-5-3-2-4-11(13)9-17-15-8-12(16)6-7-14(10)15/h2-8H,1,9H2. The van der Waals surface area contributed by atoms with Gasteiger partial charge < -0.3 is 4.74 Å². The first-order valence-corrected chi connectivity index (χ1v) is 5.45. The summed E-state index contributed by atoms with van der Waals surface area (Å²) in [4.78, 5) is 0. The van der Waals surface area contributed by atoms with Crippen LogP contribution in [-0.2, 0) is 6.61 Å². The molecule has 0 spiro atoms. The van der Waals surface area contributed by atoms with Gasteiger partial charge in [0.2, 0.25) is 0 Å². The van der Waals surface area contributed by atoms with Crippen LogP contribution in [-0.4, -0.2) is 0 Å². The molecule has 0 bridgehead atoms. The summed E-state index contributed by atoms with van der Waals surface area (Å²) in [5, 5.41) is 0. The van der Waals surface area contributed by atoms with Crippen LogP contribution in [0.4, 0.5) is 4.39 Å². The van der Waals surface area contributed by atoms with E-state index in [4.69, 9.17) is 4.74 Å². The van der Waals surface area contributed by atoms with E-state index in [2.05, 4.69) is 6.58 Å². The van der Waals surface area contributed by atoms with Crippen LogP contribution in [0.25, 0.3) is 5.57 Å². The quantitative estimate of drug-likeness (QED) is 0.664. The van der Waals surface area contributed by atoms with Crippen LogP contribution in [0.3, 0.4) is 0 Å². The molecule has 84 valence electrons. The Morgan fingerprint density at radius 3 is 2.76 bits per heavy atom. The molecule has 2 heteroatoms. The minimum absolute atomic E-state index is 0.289. The molecule has 0 unspecified atom stereocenters. The molecule has 0 atom stereocenters. The minimum atomic E-state index is -0.289. The fourth-order valence-electron chi connectivity index (χ4n) is 2.11. The van der Waals surface area contributed by atoms with Crippen LogP contribution in [0.1, 0.15) is 16.7 Å². The van der Waals surface area contributed by atoms with E-state index < -0.39 is 0 Å². The number of fused-ring (bicyclic) bond motifs is 2. The van der Waals surface area contributed by atoms with Gasteiger partial charge in [-0.05, 0) is 28.8 Å². The molecule has 1 aliphatic heterocycles. The van der Waals surface area contributed by atoms with Gasteiger partial charge in [-0.15, -0.1) is 0 Å². The van der Waals surface area contributed by atoms with E-state index in [1.165, 1.54) is 12.1 Å². The Labute approximate surface area is 99.2 Å². The molecule has 2 aromatic carbocycles. The van der Waals surface area contributed by atoms with E-state index in [1.807, 2.05) is 24.3 Å². The summed E-state index contributed by atoms with van der Waals surface area (Å²) < 4.78 is 18.8. The summed E-state index contributed by atoms with van der Waals surface area (Å²) in [6, 6.07) is 12.5. The van der Waals surface area contributed by atoms with E-state index in [9.17, 15) is 4.39 Å². The van der Waals surface area contributed by atoms with E-state index >= 15 is 0 Å². The van der Waals surface area contributed by atoms with Crippen molar-refractivity contribution in [3.05, 3.63) is 71.6 Å². The predicted molar refractivity (Wildman–Crippen MR) is 65.3 cm³/mol. The third kappa shape index (κ3) is 1.62. The lowest BCUT2D eigenvalue weighted by Crippen LogP contribution is -1.95. The average Bonchev–Trinajstić information content (AvgIpc) is 2.48. The Balaban J connectivity index is 2.20. The van der Waals surface area contributed by atoms with Gasteiger partial charge in [0.05, 0.1) is 0 Å². The molecular formula is C15H11FO. The van der Waals surface area contributed by atoms with E-state index in [-0.39, 0.29) is 5.82 Å². The first-order chi connectivity index (χ1) is 8.25. The van der Waals surface area contributed by atoms with Gasteiger partial charge in [-0.2, -0.15) is 0 Å². The van der Waals surface area contributed by atoms with Crippen molar-refractivity contribution in [3.63, 3.8) is 0 Å². The Kier molecular flexibility index (Phi) is 2.22. The van der Waals surface area contributed by atoms with Gasteiger partial charge in [-0.25, -0.2) is 4.39 Å². The van der Waals surface area contributed by atoms with Crippen molar-refractivity contribution >= 4 is 5.57 Å². The third-order valence-electron chi connectivity index (χ3n) is 2.99. The summed E-state index contributed by atoms with van der Waals surface area (Å²) >= 11 is 0. The summed E-state index contributed by atoms with van der Waals surface area (Å²) in [6.45, 7) is 4.53. The normalized spacial score (nSPS) is 13.4. The van der Waals surface area contributed by atoms with Crippen molar-refractivity contribution in [1.29, 1.82) is 0 Å². The molecule has 0 amide bonds. The van der Waals surface area contributed by atoms with Crippen molar-refractivity contribution in [2.24, 2.45) is 0 Å². The van der Waals surface area contributed by atoms with E-state index in [0.29, 0.717) is 12.4 Å². The second-order valence-corrected chi connectivity index (χ2v) is 4.06. The summed E-state index contributed by atoms with van der Waals surface area (Å²) in [5.74, 6) is 0.272.